The molecule has 0 aliphatic heterocycles. The van der Waals surface area contributed by atoms with Crippen molar-refractivity contribution >= 4 is 23.1 Å². The molecule has 9 heteroatoms. The zero-order valence-corrected chi connectivity index (χ0v) is 17.5. The van der Waals surface area contributed by atoms with Crippen LogP contribution in [-0.2, 0) is 29.5 Å². The lowest BCUT2D eigenvalue weighted by Gasteiger charge is -2.32. The largest absolute Gasteiger partial charge is 0.466 e. The Hall–Kier alpha value is -2.41. The second-order valence-corrected chi connectivity index (χ2v) is 8.07. The highest BCUT2D eigenvalue weighted by Gasteiger charge is 2.43. The van der Waals surface area contributed by atoms with Crippen LogP contribution in [0.15, 0.2) is 29.2 Å². The van der Waals surface area contributed by atoms with Crippen LogP contribution in [0.5, 0.6) is 0 Å². The molecule has 2 N–H and O–H groups in total. The quantitative estimate of drug-likeness (QED) is 0.382. The molecule has 0 saturated heterocycles. The van der Waals surface area contributed by atoms with Crippen molar-refractivity contribution in [2.75, 3.05) is 20.3 Å². The van der Waals surface area contributed by atoms with Crippen LogP contribution in [0, 0.1) is 19.3 Å². The zero-order valence-electron chi connectivity index (χ0n) is 16.7. The summed E-state index contributed by atoms with van der Waals surface area (Å²) in [5.41, 5.74) is -1.69. The second kappa shape index (κ2) is 10.2. The third-order valence-electron chi connectivity index (χ3n) is 3.34. The summed E-state index contributed by atoms with van der Waals surface area (Å²) in [4.78, 5) is 25.1. The number of amides is 1. The van der Waals surface area contributed by atoms with Crippen molar-refractivity contribution in [3.05, 3.63) is 29.8 Å². The first-order valence-electron chi connectivity index (χ1n) is 8.43. The van der Waals surface area contributed by atoms with Gasteiger partial charge >= 0.3 is 12.1 Å². The molecule has 0 aliphatic rings. The first kappa shape index (κ1) is 23.6. The Morgan fingerprint density at radius 1 is 1.21 bits per heavy atom. The average Bonchev–Trinajstić information content (AvgIpc) is 2.62. The van der Waals surface area contributed by atoms with E-state index in [1.54, 1.807) is 45.0 Å². The lowest BCUT2D eigenvalue weighted by atomic mass is 10.1. The minimum absolute atomic E-state index is 0.0918. The molecule has 2 atom stereocenters. The van der Waals surface area contributed by atoms with Gasteiger partial charge in [0.1, 0.15) is 12.2 Å². The van der Waals surface area contributed by atoms with E-state index >= 15 is 0 Å². The van der Waals surface area contributed by atoms with Gasteiger partial charge in [0.05, 0.1) is 18.6 Å². The maximum atomic E-state index is 12.4. The molecule has 0 radical (unpaired) electrons. The molecule has 2 unspecified atom stereocenters. The van der Waals surface area contributed by atoms with Gasteiger partial charge in [0.15, 0.2) is 11.1 Å². The molecule has 0 saturated carbocycles. The average molecular weight is 410 g/mol. The predicted octanol–water partition coefficient (Wildman–Crippen LogP) is 1.65. The number of carbonyl (C=O) groups excluding carboxylic acids is 2. The number of hydrogen-bond donors (Lipinski definition) is 2. The van der Waals surface area contributed by atoms with Crippen LogP contribution in [0.25, 0.3) is 0 Å². The van der Waals surface area contributed by atoms with Gasteiger partial charge in [0.2, 0.25) is 5.66 Å². The molecule has 1 amide bonds. The van der Waals surface area contributed by atoms with Crippen LogP contribution in [0.1, 0.15) is 26.3 Å². The van der Waals surface area contributed by atoms with Crippen molar-refractivity contribution in [2.24, 2.45) is 0 Å². The fourth-order valence-corrected chi connectivity index (χ4v) is 2.80. The van der Waals surface area contributed by atoms with E-state index in [9.17, 15) is 13.8 Å². The first-order chi connectivity index (χ1) is 13.0. The van der Waals surface area contributed by atoms with Gasteiger partial charge in [-0.25, -0.2) is 13.8 Å². The molecule has 0 aliphatic carbocycles. The third-order valence-corrected chi connectivity index (χ3v) is 4.33. The standard InChI is InChI=1S/C19H26N2O6S/c1-7-12-20-19(16(22)25-6,21-17(23)27-18(3,4)5)13-26-28(24)15-10-8-14(2)9-11-15/h1,8-11,20H,12-13H2,2-6H3,(H,21,23). The van der Waals surface area contributed by atoms with E-state index < -0.39 is 41.0 Å². The van der Waals surface area contributed by atoms with E-state index in [0.717, 1.165) is 12.7 Å². The lowest BCUT2D eigenvalue weighted by molar-refractivity contribution is -0.151. The van der Waals surface area contributed by atoms with Crippen molar-refractivity contribution in [1.29, 1.82) is 0 Å². The number of carbonyl (C=O) groups is 2. The Bertz CT molecular complexity index is 751. The topological polar surface area (TPSA) is 103 Å². The molecule has 0 fully saturated rings. The van der Waals surface area contributed by atoms with Crippen LogP contribution in [-0.4, -0.2) is 47.8 Å². The van der Waals surface area contributed by atoms with Crippen molar-refractivity contribution in [3.8, 4) is 12.3 Å². The first-order valence-corrected chi connectivity index (χ1v) is 9.50. The summed E-state index contributed by atoms with van der Waals surface area (Å²) in [6.45, 7) is 6.30. The predicted molar refractivity (Wildman–Crippen MR) is 104 cm³/mol. The van der Waals surface area contributed by atoms with E-state index in [-0.39, 0.29) is 6.54 Å². The number of methoxy groups -OCH3 is 1. The monoisotopic (exact) mass is 410 g/mol. The normalized spacial score (nSPS) is 14.3. The van der Waals surface area contributed by atoms with Crippen LogP contribution in [0.4, 0.5) is 4.79 Å². The molecule has 1 rings (SSSR count). The number of nitrogens with one attached hydrogen (secondary N) is 2. The van der Waals surface area contributed by atoms with E-state index in [1.165, 1.54) is 0 Å². The summed E-state index contributed by atoms with van der Waals surface area (Å²) < 4.78 is 27.8. The van der Waals surface area contributed by atoms with Gasteiger partial charge in [0.25, 0.3) is 0 Å². The molecule has 154 valence electrons. The highest BCUT2D eigenvalue weighted by Crippen LogP contribution is 2.14. The van der Waals surface area contributed by atoms with Crippen molar-refractivity contribution in [2.45, 2.75) is 43.9 Å². The Balaban J connectivity index is 3.04. The molecule has 1 aromatic rings. The van der Waals surface area contributed by atoms with E-state index in [1.807, 2.05) is 6.92 Å². The smallest absolute Gasteiger partial charge is 0.409 e. The summed E-state index contributed by atoms with van der Waals surface area (Å²) >= 11 is -1.89. The fraction of sp³-hybridized carbons (Fsp3) is 0.474. The summed E-state index contributed by atoms with van der Waals surface area (Å²) in [6, 6.07) is 6.84. The van der Waals surface area contributed by atoms with E-state index in [2.05, 4.69) is 16.6 Å². The van der Waals surface area contributed by atoms with Gasteiger partial charge in [-0.1, -0.05) is 23.6 Å². The molecule has 0 spiro atoms. The van der Waals surface area contributed by atoms with Gasteiger partial charge in [-0.05, 0) is 39.8 Å². The van der Waals surface area contributed by atoms with Gasteiger partial charge < -0.3 is 9.47 Å². The SMILES string of the molecule is C#CCNC(COS(=O)c1ccc(C)cc1)(NC(=O)OC(C)(C)C)C(=O)OC. The van der Waals surface area contributed by atoms with E-state index in [0.29, 0.717) is 4.90 Å². The zero-order chi connectivity index (χ0) is 21.4. The minimum Gasteiger partial charge on any atom is -0.466 e. The summed E-state index contributed by atoms with van der Waals surface area (Å²) in [7, 11) is 1.14. The Morgan fingerprint density at radius 2 is 1.82 bits per heavy atom. The maximum Gasteiger partial charge on any atom is 0.409 e. The minimum atomic E-state index is -1.89. The number of hydrogen-bond acceptors (Lipinski definition) is 7. The highest BCUT2D eigenvalue weighted by atomic mass is 32.2. The van der Waals surface area contributed by atoms with E-state index in [4.69, 9.17) is 20.1 Å². The van der Waals surface area contributed by atoms with Crippen LogP contribution >= 0.6 is 0 Å². The molecule has 0 bridgehead atoms. The lowest BCUT2D eigenvalue weighted by Crippen LogP contribution is -2.67. The maximum absolute atomic E-state index is 12.4. The number of alkyl carbamates (subject to hydrolysis) is 1. The van der Waals surface area contributed by atoms with Gasteiger partial charge in [0, 0.05) is 0 Å². The molecule has 0 heterocycles. The third kappa shape index (κ3) is 7.31. The summed E-state index contributed by atoms with van der Waals surface area (Å²) in [5.74, 6) is 1.43. The van der Waals surface area contributed by atoms with Crippen LogP contribution in [0.3, 0.4) is 0 Å². The Kier molecular flexibility index (Phi) is 8.63. The van der Waals surface area contributed by atoms with Gasteiger partial charge in [-0.15, -0.1) is 6.42 Å². The summed E-state index contributed by atoms with van der Waals surface area (Å²) in [6.07, 6.45) is 4.37. The Morgan fingerprint density at radius 3 is 2.32 bits per heavy atom. The second-order valence-electron chi connectivity index (χ2n) is 6.89. The van der Waals surface area contributed by atoms with Crippen LogP contribution < -0.4 is 10.6 Å². The molecular weight excluding hydrogens is 384 g/mol. The molecular formula is C19H26N2O6S. The molecule has 0 aromatic heterocycles. The molecule has 8 nitrogen and oxygen atoms in total. The van der Waals surface area contributed by atoms with Gasteiger partial charge in [-0.3, -0.25) is 14.8 Å². The number of rotatable bonds is 8. The van der Waals surface area contributed by atoms with Crippen LogP contribution in [0.2, 0.25) is 0 Å². The number of terminal acetylenes is 1. The van der Waals surface area contributed by atoms with Crippen molar-refractivity contribution < 1.29 is 27.5 Å². The molecule has 28 heavy (non-hydrogen) atoms. The summed E-state index contributed by atoms with van der Waals surface area (Å²) in [5, 5.41) is 5.07. The number of esters is 1. The number of benzene rings is 1. The highest BCUT2D eigenvalue weighted by molar-refractivity contribution is 7.80. The fourth-order valence-electron chi connectivity index (χ4n) is 2.03. The molecule has 1 aromatic carbocycles. The van der Waals surface area contributed by atoms with Crippen molar-refractivity contribution in [1.82, 2.24) is 10.6 Å². The number of ether oxygens (including phenoxy) is 2. The van der Waals surface area contributed by atoms with Crippen molar-refractivity contribution in [3.63, 3.8) is 0 Å². The Labute approximate surface area is 168 Å². The van der Waals surface area contributed by atoms with Gasteiger partial charge in [-0.2, -0.15) is 0 Å². The number of aryl methyl sites for hydroxylation is 1.